The summed E-state index contributed by atoms with van der Waals surface area (Å²) in [6, 6.07) is 16.3. The van der Waals surface area contributed by atoms with Gasteiger partial charge in [-0.3, -0.25) is 4.79 Å². The number of terminal acetylenes is 1. The molecule has 0 unspecified atom stereocenters. The van der Waals surface area contributed by atoms with Gasteiger partial charge in [-0.2, -0.15) is 0 Å². The predicted octanol–water partition coefficient (Wildman–Crippen LogP) is 4.33. The van der Waals surface area contributed by atoms with Crippen LogP contribution in [0.25, 0.3) is 0 Å². The van der Waals surface area contributed by atoms with Crippen LogP contribution in [-0.4, -0.2) is 29.7 Å². The average Bonchev–Trinajstić information content (AvgIpc) is 3.09. The highest BCUT2D eigenvalue weighted by Gasteiger charge is 2.30. The summed E-state index contributed by atoms with van der Waals surface area (Å²) in [6.45, 7) is 2.96. The zero-order chi connectivity index (χ0) is 18.4. The van der Waals surface area contributed by atoms with E-state index in [0.29, 0.717) is 18.9 Å². The first-order valence-corrected chi connectivity index (χ1v) is 9.88. The molecule has 0 saturated heterocycles. The number of nitrogens with zero attached hydrogens (tertiary/aromatic N) is 1. The Labute approximate surface area is 159 Å². The number of carbonyl (C=O) groups excluding carboxylic acids is 1. The molecule has 134 valence electrons. The molecule has 0 spiro atoms. The standard InChI is InChI=1S/C22H23NO2S/c1-3-15-23(21-14-9-17-7-5-6-8-20(17)21)22(24)16-26-19-12-10-18(11-13-19)25-4-2/h1,5-8,10-13,21H,4,9,14-16H2,2H3/t21-/m1/s1. The third-order valence-electron chi connectivity index (χ3n) is 4.56. The van der Waals surface area contributed by atoms with Gasteiger partial charge in [-0.25, -0.2) is 0 Å². The number of hydrogen-bond acceptors (Lipinski definition) is 3. The number of benzene rings is 2. The van der Waals surface area contributed by atoms with Crippen LogP contribution in [0.2, 0.25) is 0 Å². The summed E-state index contributed by atoms with van der Waals surface area (Å²) < 4.78 is 5.45. The Hall–Kier alpha value is -2.38. The fraction of sp³-hybridized carbons (Fsp3) is 0.318. The number of carbonyl (C=O) groups is 1. The Morgan fingerprint density at radius 3 is 2.77 bits per heavy atom. The lowest BCUT2D eigenvalue weighted by atomic mass is 10.1. The first-order chi connectivity index (χ1) is 12.7. The summed E-state index contributed by atoms with van der Waals surface area (Å²) in [4.78, 5) is 15.8. The van der Waals surface area contributed by atoms with Gasteiger partial charge in [-0.1, -0.05) is 30.2 Å². The lowest BCUT2D eigenvalue weighted by Gasteiger charge is -2.28. The molecule has 1 aliphatic carbocycles. The molecule has 1 atom stereocenters. The van der Waals surface area contributed by atoms with Gasteiger partial charge in [0, 0.05) is 4.90 Å². The summed E-state index contributed by atoms with van der Waals surface area (Å²) in [5.41, 5.74) is 2.56. The molecule has 4 heteroatoms. The Bertz CT molecular complexity index is 795. The predicted molar refractivity (Wildman–Crippen MR) is 106 cm³/mol. The number of fused-ring (bicyclic) bond motifs is 1. The number of rotatable bonds is 7. The molecular formula is C22H23NO2S. The Morgan fingerprint density at radius 2 is 2.04 bits per heavy atom. The molecule has 1 aliphatic rings. The monoisotopic (exact) mass is 365 g/mol. The lowest BCUT2D eigenvalue weighted by molar-refractivity contribution is -0.130. The van der Waals surface area contributed by atoms with Gasteiger partial charge in [-0.15, -0.1) is 18.2 Å². The number of amides is 1. The number of thioether (sulfide) groups is 1. The van der Waals surface area contributed by atoms with Crippen molar-refractivity contribution < 1.29 is 9.53 Å². The Morgan fingerprint density at radius 1 is 1.27 bits per heavy atom. The molecule has 3 nitrogen and oxygen atoms in total. The van der Waals surface area contributed by atoms with Gasteiger partial charge in [0.05, 0.1) is 24.9 Å². The molecule has 1 amide bonds. The van der Waals surface area contributed by atoms with E-state index >= 15 is 0 Å². The van der Waals surface area contributed by atoms with Crippen molar-refractivity contribution in [3.63, 3.8) is 0 Å². The largest absolute Gasteiger partial charge is 0.494 e. The summed E-state index contributed by atoms with van der Waals surface area (Å²) >= 11 is 1.53. The maximum absolute atomic E-state index is 12.9. The van der Waals surface area contributed by atoms with E-state index in [2.05, 4.69) is 24.1 Å². The van der Waals surface area contributed by atoms with E-state index in [1.54, 1.807) is 0 Å². The summed E-state index contributed by atoms with van der Waals surface area (Å²) in [6.07, 6.45) is 7.49. The van der Waals surface area contributed by atoms with Gasteiger partial charge in [-0.05, 0) is 55.2 Å². The minimum atomic E-state index is 0.0866. The van der Waals surface area contributed by atoms with Gasteiger partial charge in [0.1, 0.15) is 5.75 Å². The van der Waals surface area contributed by atoms with Crippen molar-refractivity contribution in [1.29, 1.82) is 0 Å². The van der Waals surface area contributed by atoms with Crippen molar-refractivity contribution in [1.82, 2.24) is 4.90 Å². The Balaban J connectivity index is 1.65. The average molecular weight is 365 g/mol. The molecule has 3 rings (SSSR count). The second-order valence-corrected chi connectivity index (χ2v) is 7.22. The third-order valence-corrected chi connectivity index (χ3v) is 5.55. The van der Waals surface area contributed by atoms with Crippen molar-refractivity contribution in [2.75, 3.05) is 18.9 Å². The highest BCUT2D eigenvalue weighted by Crippen LogP contribution is 2.36. The second kappa shape index (κ2) is 8.82. The van der Waals surface area contributed by atoms with E-state index < -0.39 is 0 Å². The lowest BCUT2D eigenvalue weighted by Crippen LogP contribution is -2.35. The molecule has 2 aromatic carbocycles. The van der Waals surface area contributed by atoms with Crippen molar-refractivity contribution >= 4 is 17.7 Å². The molecule has 2 aromatic rings. The van der Waals surface area contributed by atoms with E-state index in [-0.39, 0.29) is 11.9 Å². The van der Waals surface area contributed by atoms with Crippen molar-refractivity contribution in [3.05, 3.63) is 59.7 Å². The smallest absolute Gasteiger partial charge is 0.234 e. The van der Waals surface area contributed by atoms with E-state index in [0.717, 1.165) is 23.5 Å². The maximum atomic E-state index is 12.9. The van der Waals surface area contributed by atoms with Gasteiger partial charge in [0.2, 0.25) is 5.91 Å². The molecule has 0 heterocycles. The van der Waals surface area contributed by atoms with Crippen LogP contribution in [-0.2, 0) is 11.2 Å². The SMILES string of the molecule is C#CCN(C(=O)CSc1ccc(OCC)cc1)[C@@H]1CCc2ccccc21. The highest BCUT2D eigenvalue weighted by atomic mass is 32.2. The fourth-order valence-corrected chi connectivity index (χ4v) is 4.14. The van der Waals surface area contributed by atoms with Crippen LogP contribution in [0.4, 0.5) is 0 Å². The molecule has 0 aliphatic heterocycles. The van der Waals surface area contributed by atoms with Gasteiger partial charge < -0.3 is 9.64 Å². The molecule has 0 saturated carbocycles. The minimum absolute atomic E-state index is 0.0866. The minimum Gasteiger partial charge on any atom is -0.494 e. The number of aryl methyl sites for hydroxylation is 1. The second-order valence-electron chi connectivity index (χ2n) is 6.17. The first kappa shape index (κ1) is 18.4. The quantitative estimate of drug-likeness (QED) is 0.540. The number of hydrogen-bond donors (Lipinski definition) is 0. The topological polar surface area (TPSA) is 29.5 Å². The molecule has 0 radical (unpaired) electrons. The van der Waals surface area contributed by atoms with Gasteiger partial charge >= 0.3 is 0 Å². The molecule has 0 bridgehead atoms. The Kier molecular flexibility index (Phi) is 6.25. The highest BCUT2D eigenvalue weighted by molar-refractivity contribution is 8.00. The summed E-state index contributed by atoms with van der Waals surface area (Å²) in [7, 11) is 0. The van der Waals surface area contributed by atoms with Crippen LogP contribution in [0.1, 0.15) is 30.5 Å². The van der Waals surface area contributed by atoms with E-state index in [4.69, 9.17) is 11.2 Å². The zero-order valence-corrected chi connectivity index (χ0v) is 15.8. The molecule has 0 aromatic heterocycles. The van der Waals surface area contributed by atoms with E-state index in [1.165, 1.54) is 22.9 Å². The molecule has 26 heavy (non-hydrogen) atoms. The van der Waals surface area contributed by atoms with Crippen LogP contribution >= 0.6 is 11.8 Å². The fourth-order valence-electron chi connectivity index (χ4n) is 3.36. The van der Waals surface area contributed by atoms with Crippen LogP contribution in [0.5, 0.6) is 5.75 Å². The van der Waals surface area contributed by atoms with Crippen molar-refractivity contribution in [2.24, 2.45) is 0 Å². The summed E-state index contributed by atoms with van der Waals surface area (Å²) in [5.74, 6) is 3.97. The van der Waals surface area contributed by atoms with Crippen LogP contribution in [0.15, 0.2) is 53.4 Å². The van der Waals surface area contributed by atoms with Crippen LogP contribution in [0.3, 0.4) is 0 Å². The van der Waals surface area contributed by atoms with E-state index in [1.807, 2.05) is 42.2 Å². The van der Waals surface area contributed by atoms with Gasteiger partial charge in [0.15, 0.2) is 0 Å². The normalized spacial score (nSPS) is 15.2. The first-order valence-electron chi connectivity index (χ1n) is 8.89. The van der Waals surface area contributed by atoms with Crippen molar-refractivity contribution in [3.8, 4) is 18.1 Å². The van der Waals surface area contributed by atoms with Crippen molar-refractivity contribution in [2.45, 2.75) is 30.7 Å². The third kappa shape index (κ3) is 4.23. The zero-order valence-electron chi connectivity index (χ0n) is 15.0. The van der Waals surface area contributed by atoms with Crippen LogP contribution < -0.4 is 4.74 Å². The van der Waals surface area contributed by atoms with Crippen LogP contribution in [0, 0.1) is 12.3 Å². The number of ether oxygens (including phenoxy) is 1. The molecule has 0 fully saturated rings. The van der Waals surface area contributed by atoms with Gasteiger partial charge in [0.25, 0.3) is 0 Å². The summed E-state index contributed by atoms with van der Waals surface area (Å²) in [5, 5.41) is 0. The molecule has 0 N–H and O–H groups in total. The molecular weight excluding hydrogens is 342 g/mol. The van der Waals surface area contributed by atoms with E-state index in [9.17, 15) is 4.79 Å². The maximum Gasteiger partial charge on any atom is 0.234 e.